The minimum atomic E-state index is -0.771. The van der Waals surface area contributed by atoms with Crippen molar-refractivity contribution in [1.29, 1.82) is 0 Å². The van der Waals surface area contributed by atoms with Gasteiger partial charge in [-0.2, -0.15) is 0 Å². The zero-order chi connectivity index (χ0) is 15.7. The minimum Gasteiger partial charge on any atom is -0.394 e. The predicted molar refractivity (Wildman–Crippen MR) is 86.7 cm³/mol. The van der Waals surface area contributed by atoms with Gasteiger partial charge in [-0.1, -0.05) is 60.7 Å². The number of hydrogen-bond donors (Lipinski definition) is 1. The lowest BCUT2D eigenvalue weighted by molar-refractivity contribution is -0.218. The van der Waals surface area contributed by atoms with Gasteiger partial charge in [-0.25, -0.2) is 0 Å². The molecule has 0 aromatic heterocycles. The lowest BCUT2D eigenvalue weighted by Gasteiger charge is -2.38. The Balaban J connectivity index is 1.61. The van der Waals surface area contributed by atoms with E-state index in [2.05, 4.69) is 29.2 Å². The van der Waals surface area contributed by atoms with Crippen LogP contribution in [-0.2, 0) is 21.8 Å². The third-order valence-corrected chi connectivity index (χ3v) is 4.61. The first kappa shape index (κ1) is 14.8. The van der Waals surface area contributed by atoms with Crippen molar-refractivity contribution >= 4 is 0 Å². The molecule has 2 aliphatic heterocycles. The molecule has 2 aliphatic rings. The van der Waals surface area contributed by atoms with E-state index < -0.39 is 5.79 Å². The molecule has 2 aromatic carbocycles. The van der Waals surface area contributed by atoms with Gasteiger partial charge in [-0.05, 0) is 5.56 Å². The van der Waals surface area contributed by atoms with Crippen molar-refractivity contribution in [2.24, 2.45) is 0 Å². The van der Waals surface area contributed by atoms with Crippen LogP contribution in [0.5, 0.6) is 0 Å². The fraction of sp³-hybridized carbons (Fsp3) is 0.368. The van der Waals surface area contributed by atoms with Crippen molar-refractivity contribution in [3.63, 3.8) is 0 Å². The Morgan fingerprint density at radius 2 is 1.70 bits per heavy atom. The van der Waals surface area contributed by atoms with Crippen LogP contribution in [0, 0.1) is 0 Å². The van der Waals surface area contributed by atoms with Crippen LogP contribution in [-0.4, -0.2) is 41.9 Å². The Morgan fingerprint density at radius 1 is 1.00 bits per heavy atom. The summed E-state index contributed by atoms with van der Waals surface area (Å²) < 4.78 is 12.4. The van der Waals surface area contributed by atoms with E-state index in [9.17, 15) is 5.11 Å². The largest absolute Gasteiger partial charge is 0.394 e. The molecular weight excluding hydrogens is 290 g/mol. The van der Waals surface area contributed by atoms with E-state index in [0.29, 0.717) is 6.54 Å². The first-order chi connectivity index (χ1) is 11.3. The quantitative estimate of drug-likeness (QED) is 0.939. The summed E-state index contributed by atoms with van der Waals surface area (Å²) in [6, 6.07) is 20.5. The highest BCUT2D eigenvalue weighted by atomic mass is 16.8. The van der Waals surface area contributed by atoms with Crippen LogP contribution in [0.15, 0.2) is 60.7 Å². The van der Waals surface area contributed by atoms with E-state index in [-0.39, 0.29) is 18.8 Å². The molecule has 23 heavy (non-hydrogen) atoms. The maximum atomic E-state index is 9.63. The van der Waals surface area contributed by atoms with E-state index in [0.717, 1.165) is 18.7 Å². The Bertz CT molecular complexity index is 648. The van der Waals surface area contributed by atoms with Gasteiger partial charge in [0.15, 0.2) is 0 Å². The number of ether oxygens (including phenoxy) is 2. The Kier molecular flexibility index (Phi) is 3.91. The molecule has 0 amide bonds. The van der Waals surface area contributed by atoms with E-state index in [1.807, 2.05) is 36.4 Å². The summed E-state index contributed by atoms with van der Waals surface area (Å²) in [5, 5.41) is 9.63. The van der Waals surface area contributed by atoms with Gasteiger partial charge in [0.25, 0.3) is 0 Å². The standard InChI is InChI=1S/C19H21NO3/c21-13-18-17-12-20(11-15-7-3-1-4-8-15)14-19(22-17,23-18)16-9-5-2-6-10-16/h1-10,17-18,21H,11-14H2/t17-,18+,19+/m0/s1. The maximum Gasteiger partial charge on any atom is 0.208 e. The topological polar surface area (TPSA) is 41.9 Å². The molecule has 0 spiro atoms. The molecule has 0 saturated carbocycles. The van der Waals surface area contributed by atoms with Gasteiger partial charge in [0, 0.05) is 18.7 Å². The number of hydrogen-bond acceptors (Lipinski definition) is 4. The summed E-state index contributed by atoms with van der Waals surface area (Å²) in [5.74, 6) is -0.771. The molecule has 4 rings (SSSR count). The highest BCUT2D eigenvalue weighted by Gasteiger charge is 2.53. The molecule has 2 aromatic rings. The second-order valence-electron chi connectivity index (χ2n) is 6.27. The summed E-state index contributed by atoms with van der Waals surface area (Å²) in [7, 11) is 0. The van der Waals surface area contributed by atoms with E-state index >= 15 is 0 Å². The Hall–Kier alpha value is -1.72. The number of aliphatic hydroxyl groups excluding tert-OH is 1. The van der Waals surface area contributed by atoms with Gasteiger partial charge in [-0.3, -0.25) is 4.90 Å². The normalized spacial score (nSPS) is 30.5. The average molecular weight is 311 g/mol. The lowest BCUT2D eigenvalue weighted by Crippen LogP contribution is -2.49. The molecular formula is C19H21NO3. The van der Waals surface area contributed by atoms with Gasteiger partial charge >= 0.3 is 0 Å². The number of rotatable bonds is 4. The average Bonchev–Trinajstić information content (AvgIpc) is 2.88. The molecule has 0 radical (unpaired) electrons. The van der Waals surface area contributed by atoms with Crippen molar-refractivity contribution in [3.05, 3.63) is 71.8 Å². The van der Waals surface area contributed by atoms with Crippen LogP contribution in [0.1, 0.15) is 11.1 Å². The number of aliphatic hydroxyl groups is 1. The van der Waals surface area contributed by atoms with Crippen molar-refractivity contribution in [2.75, 3.05) is 19.7 Å². The molecule has 2 bridgehead atoms. The SMILES string of the molecule is OC[C@H]1O[C@@]2(c3ccccc3)CN(Cc3ccccc3)C[C@@H]1O2. The molecule has 2 heterocycles. The molecule has 0 aliphatic carbocycles. The number of morpholine rings is 1. The second-order valence-corrected chi connectivity index (χ2v) is 6.27. The number of fused-ring (bicyclic) bond motifs is 2. The highest BCUT2D eigenvalue weighted by molar-refractivity contribution is 5.24. The van der Waals surface area contributed by atoms with Gasteiger partial charge in [-0.15, -0.1) is 0 Å². The lowest BCUT2D eigenvalue weighted by atomic mass is 10.0. The van der Waals surface area contributed by atoms with Crippen LogP contribution in [0.3, 0.4) is 0 Å². The Morgan fingerprint density at radius 3 is 2.39 bits per heavy atom. The smallest absolute Gasteiger partial charge is 0.208 e. The molecule has 120 valence electrons. The zero-order valence-electron chi connectivity index (χ0n) is 13.0. The summed E-state index contributed by atoms with van der Waals surface area (Å²) in [4.78, 5) is 2.35. The van der Waals surface area contributed by atoms with E-state index in [4.69, 9.17) is 9.47 Å². The molecule has 4 nitrogen and oxygen atoms in total. The molecule has 0 unspecified atom stereocenters. The minimum absolute atomic E-state index is 0.0154. The molecule has 2 fully saturated rings. The van der Waals surface area contributed by atoms with Crippen molar-refractivity contribution in [2.45, 2.75) is 24.5 Å². The van der Waals surface area contributed by atoms with Gasteiger partial charge in [0.1, 0.15) is 12.2 Å². The predicted octanol–water partition coefficient (Wildman–Crippen LogP) is 2.13. The van der Waals surface area contributed by atoms with E-state index in [1.54, 1.807) is 0 Å². The fourth-order valence-electron chi connectivity index (χ4n) is 3.55. The highest BCUT2D eigenvalue weighted by Crippen LogP contribution is 2.42. The molecule has 1 N–H and O–H groups in total. The summed E-state index contributed by atoms with van der Waals surface area (Å²) in [5.41, 5.74) is 2.29. The van der Waals surface area contributed by atoms with Crippen molar-refractivity contribution in [1.82, 2.24) is 4.90 Å². The first-order valence-electron chi connectivity index (χ1n) is 8.07. The van der Waals surface area contributed by atoms with E-state index in [1.165, 1.54) is 5.56 Å². The fourth-order valence-corrected chi connectivity index (χ4v) is 3.55. The summed E-state index contributed by atoms with van der Waals surface area (Å²) >= 11 is 0. The van der Waals surface area contributed by atoms with Gasteiger partial charge < -0.3 is 14.6 Å². The number of benzene rings is 2. The molecule has 4 heteroatoms. The van der Waals surface area contributed by atoms with Crippen molar-refractivity contribution in [3.8, 4) is 0 Å². The molecule has 3 atom stereocenters. The van der Waals surface area contributed by atoms with Crippen molar-refractivity contribution < 1.29 is 14.6 Å². The Labute approximate surface area is 136 Å². The second kappa shape index (κ2) is 6.06. The zero-order valence-corrected chi connectivity index (χ0v) is 13.0. The maximum absolute atomic E-state index is 9.63. The first-order valence-corrected chi connectivity index (χ1v) is 8.07. The van der Waals surface area contributed by atoms with Crippen LogP contribution >= 0.6 is 0 Å². The summed E-state index contributed by atoms with van der Waals surface area (Å²) in [6.07, 6.45) is -0.367. The molecule has 2 saturated heterocycles. The van der Waals surface area contributed by atoms with Crippen LogP contribution < -0.4 is 0 Å². The third-order valence-electron chi connectivity index (χ3n) is 4.61. The van der Waals surface area contributed by atoms with Crippen LogP contribution in [0.25, 0.3) is 0 Å². The van der Waals surface area contributed by atoms with Crippen LogP contribution in [0.2, 0.25) is 0 Å². The van der Waals surface area contributed by atoms with Gasteiger partial charge in [0.05, 0.1) is 13.2 Å². The summed E-state index contributed by atoms with van der Waals surface area (Å²) in [6.45, 7) is 2.28. The van der Waals surface area contributed by atoms with Crippen LogP contribution in [0.4, 0.5) is 0 Å². The monoisotopic (exact) mass is 311 g/mol. The third kappa shape index (κ3) is 2.79. The number of nitrogens with zero attached hydrogens (tertiary/aromatic N) is 1. The van der Waals surface area contributed by atoms with Gasteiger partial charge in [0.2, 0.25) is 5.79 Å².